The number of likely N-dealkylation sites (tertiary alicyclic amines) is 1. The van der Waals surface area contributed by atoms with Gasteiger partial charge in [-0.1, -0.05) is 30.3 Å². The Kier molecular flexibility index (Phi) is 5.76. The van der Waals surface area contributed by atoms with E-state index in [1.807, 2.05) is 11.0 Å². The summed E-state index contributed by atoms with van der Waals surface area (Å²) >= 11 is 0. The van der Waals surface area contributed by atoms with Crippen molar-refractivity contribution in [2.24, 2.45) is 17.0 Å². The van der Waals surface area contributed by atoms with E-state index in [-0.39, 0.29) is 11.8 Å². The molecule has 1 atom stereocenters. The van der Waals surface area contributed by atoms with Crippen molar-refractivity contribution in [1.82, 2.24) is 9.62 Å². The van der Waals surface area contributed by atoms with Gasteiger partial charge in [0.15, 0.2) is 0 Å². The molecule has 1 aromatic rings. The molecule has 25 heavy (non-hydrogen) atoms. The molecule has 7 heteroatoms. The molecule has 2 fully saturated rings. The topological polar surface area (TPSA) is 92.5 Å². The van der Waals surface area contributed by atoms with Crippen molar-refractivity contribution >= 4 is 16.1 Å². The average molecular weight is 365 g/mol. The molecule has 138 valence electrons. The van der Waals surface area contributed by atoms with Gasteiger partial charge in [-0.05, 0) is 49.0 Å². The van der Waals surface area contributed by atoms with Gasteiger partial charge in [0, 0.05) is 26.1 Å². The van der Waals surface area contributed by atoms with E-state index in [4.69, 9.17) is 5.14 Å². The molecule has 0 radical (unpaired) electrons. The highest BCUT2D eigenvalue weighted by atomic mass is 32.2. The zero-order chi connectivity index (χ0) is 17.9. The molecule has 1 saturated carbocycles. The predicted octanol–water partition coefficient (Wildman–Crippen LogP) is 1.60. The molecular formula is C18H27N3O3S. The molecular weight excluding hydrogens is 338 g/mol. The SMILES string of the molecule is NS(=O)(=O)NCC1CCCN(C(=O)CC2CC(c3ccccc3)C2)C1. The molecule has 1 unspecified atom stereocenters. The summed E-state index contributed by atoms with van der Waals surface area (Å²) in [5, 5.41) is 4.98. The minimum Gasteiger partial charge on any atom is -0.342 e. The fraction of sp³-hybridized carbons (Fsp3) is 0.611. The molecule has 1 saturated heterocycles. The summed E-state index contributed by atoms with van der Waals surface area (Å²) in [7, 11) is -3.66. The summed E-state index contributed by atoms with van der Waals surface area (Å²) in [6.07, 6.45) is 4.62. The second-order valence-corrected chi connectivity index (χ2v) is 8.77. The first-order valence-electron chi connectivity index (χ1n) is 9.01. The van der Waals surface area contributed by atoms with Crippen LogP contribution in [0, 0.1) is 11.8 Å². The van der Waals surface area contributed by atoms with Gasteiger partial charge >= 0.3 is 0 Å². The molecule has 0 aromatic heterocycles. The second kappa shape index (κ2) is 7.85. The van der Waals surface area contributed by atoms with Crippen molar-refractivity contribution in [2.45, 2.75) is 38.0 Å². The zero-order valence-electron chi connectivity index (χ0n) is 14.4. The number of nitrogens with one attached hydrogen (secondary N) is 1. The van der Waals surface area contributed by atoms with Gasteiger partial charge in [0.1, 0.15) is 0 Å². The standard InChI is InChI=1S/C18H27N3O3S/c19-25(23,24)20-12-14-5-4-8-21(13-14)18(22)11-15-9-17(10-15)16-6-2-1-3-7-16/h1-3,6-7,14-15,17,20H,4-5,8-13H2,(H2,19,23,24). The Balaban J connectivity index is 1.43. The van der Waals surface area contributed by atoms with Crippen molar-refractivity contribution in [3.05, 3.63) is 35.9 Å². The Morgan fingerprint density at radius 3 is 2.60 bits per heavy atom. The lowest BCUT2D eigenvalue weighted by Crippen LogP contribution is -2.45. The zero-order valence-corrected chi connectivity index (χ0v) is 15.2. The van der Waals surface area contributed by atoms with Gasteiger partial charge in [0.25, 0.3) is 10.2 Å². The van der Waals surface area contributed by atoms with E-state index in [1.165, 1.54) is 5.56 Å². The van der Waals surface area contributed by atoms with Crippen LogP contribution >= 0.6 is 0 Å². The van der Waals surface area contributed by atoms with E-state index < -0.39 is 10.2 Å². The molecule has 0 bridgehead atoms. The maximum atomic E-state index is 12.6. The molecule has 2 aliphatic rings. The smallest absolute Gasteiger partial charge is 0.274 e. The van der Waals surface area contributed by atoms with E-state index in [2.05, 4.69) is 29.0 Å². The monoisotopic (exact) mass is 365 g/mol. The molecule has 1 aliphatic heterocycles. The number of nitrogens with two attached hydrogens (primary N) is 1. The van der Waals surface area contributed by atoms with Crippen LogP contribution in [0.2, 0.25) is 0 Å². The van der Waals surface area contributed by atoms with Crippen LogP contribution in [0.1, 0.15) is 43.6 Å². The van der Waals surface area contributed by atoms with Crippen LogP contribution in [0.4, 0.5) is 0 Å². The van der Waals surface area contributed by atoms with Crippen LogP contribution in [-0.2, 0) is 15.0 Å². The molecule has 1 heterocycles. The van der Waals surface area contributed by atoms with Crippen LogP contribution in [0.5, 0.6) is 0 Å². The number of rotatable bonds is 6. The highest BCUT2D eigenvalue weighted by Crippen LogP contribution is 2.43. The summed E-state index contributed by atoms with van der Waals surface area (Å²) in [5.41, 5.74) is 1.37. The lowest BCUT2D eigenvalue weighted by molar-refractivity contribution is -0.134. The number of hydrogen-bond donors (Lipinski definition) is 2. The highest BCUT2D eigenvalue weighted by Gasteiger charge is 2.33. The summed E-state index contributed by atoms with van der Waals surface area (Å²) < 4.78 is 24.4. The molecule has 1 amide bonds. The minimum absolute atomic E-state index is 0.148. The summed E-state index contributed by atoms with van der Waals surface area (Å²) in [5.74, 6) is 1.42. The van der Waals surface area contributed by atoms with Crippen molar-refractivity contribution in [2.75, 3.05) is 19.6 Å². The van der Waals surface area contributed by atoms with Gasteiger partial charge in [0.05, 0.1) is 0 Å². The minimum atomic E-state index is -3.66. The first-order valence-corrected chi connectivity index (χ1v) is 10.6. The van der Waals surface area contributed by atoms with E-state index in [0.717, 1.165) is 32.2 Å². The Morgan fingerprint density at radius 1 is 1.20 bits per heavy atom. The van der Waals surface area contributed by atoms with Crippen LogP contribution in [0.3, 0.4) is 0 Å². The largest absolute Gasteiger partial charge is 0.342 e. The summed E-state index contributed by atoms with van der Waals surface area (Å²) in [6, 6.07) is 10.5. The maximum Gasteiger partial charge on any atom is 0.274 e. The van der Waals surface area contributed by atoms with Crippen molar-refractivity contribution in [3.63, 3.8) is 0 Å². The third kappa shape index (κ3) is 5.26. The Morgan fingerprint density at radius 2 is 1.92 bits per heavy atom. The number of carbonyl (C=O) groups excluding carboxylic acids is 1. The van der Waals surface area contributed by atoms with Gasteiger partial charge in [-0.3, -0.25) is 4.79 Å². The third-order valence-corrected chi connectivity index (χ3v) is 5.98. The Bertz CT molecular complexity index is 687. The normalized spacial score (nSPS) is 26.9. The van der Waals surface area contributed by atoms with E-state index in [0.29, 0.717) is 31.3 Å². The Labute approximate surface area is 150 Å². The number of piperidine rings is 1. The van der Waals surface area contributed by atoms with Crippen molar-refractivity contribution in [1.29, 1.82) is 0 Å². The van der Waals surface area contributed by atoms with E-state index >= 15 is 0 Å². The van der Waals surface area contributed by atoms with Gasteiger partial charge in [0.2, 0.25) is 5.91 Å². The van der Waals surface area contributed by atoms with Crippen molar-refractivity contribution < 1.29 is 13.2 Å². The fourth-order valence-corrected chi connectivity index (χ4v) is 4.44. The number of hydrogen-bond acceptors (Lipinski definition) is 3. The fourth-order valence-electron chi connectivity index (χ4n) is 3.97. The van der Waals surface area contributed by atoms with E-state index in [1.54, 1.807) is 0 Å². The third-order valence-electron chi connectivity index (χ3n) is 5.41. The van der Waals surface area contributed by atoms with Crippen LogP contribution < -0.4 is 9.86 Å². The second-order valence-electron chi connectivity index (χ2n) is 7.39. The lowest BCUT2D eigenvalue weighted by atomic mass is 9.70. The van der Waals surface area contributed by atoms with Crippen LogP contribution in [0.25, 0.3) is 0 Å². The van der Waals surface area contributed by atoms with Crippen LogP contribution in [-0.4, -0.2) is 38.9 Å². The highest BCUT2D eigenvalue weighted by molar-refractivity contribution is 7.87. The number of benzene rings is 1. The summed E-state index contributed by atoms with van der Waals surface area (Å²) in [4.78, 5) is 14.5. The molecule has 3 rings (SSSR count). The molecule has 6 nitrogen and oxygen atoms in total. The first kappa shape index (κ1) is 18.4. The summed E-state index contributed by atoms with van der Waals surface area (Å²) in [6.45, 7) is 1.71. The molecule has 1 aliphatic carbocycles. The first-order chi connectivity index (χ1) is 11.9. The van der Waals surface area contributed by atoms with E-state index in [9.17, 15) is 13.2 Å². The number of amides is 1. The van der Waals surface area contributed by atoms with Gasteiger partial charge in [-0.2, -0.15) is 8.42 Å². The maximum absolute atomic E-state index is 12.6. The predicted molar refractivity (Wildman–Crippen MR) is 96.9 cm³/mol. The Hall–Kier alpha value is -1.44. The average Bonchev–Trinajstić information content (AvgIpc) is 2.56. The van der Waals surface area contributed by atoms with Crippen LogP contribution in [0.15, 0.2) is 30.3 Å². The van der Waals surface area contributed by atoms with Gasteiger partial charge in [-0.15, -0.1) is 0 Å². The molecule has 1 aromatic carbocycles. The molecule has 3 N–H and O–H groups in total. The van der Waals surface area contributed by atoms with Crippen molar-refractivity contribution in [3.8, 4) is 0 Å². The van der Waals surface area contributed by atoms with Gasteiger partial charge in [-0.25, -0.2) is 9.86 Å². The quantitative estimate of drug-likeness (QED) is 0.802. The number of nitrogens with zero attached hydrogens (tertiary/aromatic N) is 1. The lowest BCUT2D eigenvalue weighted by Gasteiger charge is -2.38. The van der Waals surface area contributed by atoms with Gasteiger partial charge < -0.3 is 4.90 Å². The number of carbonyl (C=O) groups is 1. The molecule has 0 spiro atoms.